The van der Waals surface area contributed by atoms with E-state index in [1.165, 1.54) is 0 Å². The Morgan fingerprint density at radius 1 is 1.09 bits per heavy atom. The molecule has 1 heterocycles. The molecule has 0 spiro atoms. The average Bonchev–Trinajstić information content (AvgIpc) is 2.76. The molecular weight excluding hydrogens is 276 g/mol. The van der Waals surface area contributed by atoms with Crippen LogP contribution in [-0.4, -0.2) is 18.6 Å². The fourth-order valence-electron chi connectivity index (χ4n) is 2.41. The SMILES string of the molecule is CCOC(=O)C1C=C(c2ccccc2)c2ccccc2N=N1. The lowest BCUT2D eigenvalue weighted by atomic mass is 9.95. The highest BCUT2D eigenvalue weighted by atomic mass is 16.5. The van der Waals surface area contributed by atoms with Crippen LogP contribution in [0.15, 0.2) is 70.9 Å². The molecular formula is C18H16N2O2. The number of hydrogen-bond acceptors (Lipinski definition) is 4. The van der Waals surface area contributed by atoms with Gasteiger partial charge < -0.3 is 4.74 Å². The van der Waals surface area contributed by atoms with Crippen molar-refractivity contribution in [3.8, 4) is 0 Å². The Bertz CT molecular complexity index is 736. The Labute approximate surface area is 129 Å². The zero-order valence-corrected chi connectivity index (χ0v) is 12.3. The zero-order chi connectivity index (χ0) is 15.4. The van der Waals surface area contributed by atoms with Gasteiger partial charge >= 0.3 is 5.97 Å². The maximum Gasteiger partial charge on any atom is 0.336 e. The molecule has 110 valence electrons. The molecule has 0 aliphatic carbocycles. The molecule has 3 rings (SSSR count). The molecule has 2 aromatic rings. The van der Waals surface area contributed by atoms with Crippen LogP contribution in [0.4, 0.5) is 5.69 Å². The van der Waals surface area contributed by atoms with Crippen molar-refractivity contribution in [2.24, 2.45) is 10.2 Å². The standard InChI is InChI=1S/C18H16N2O2/c1-2-22-18(21)17-12-15(13-8-4-3-5-9-13)14-10-6-7-11-16(14)19-20-17/h3-12,17H,2H2,1H3. The van der Waals surface area contributed by atoms with Crippen LogP contribution in [0, 0.1) is 0 Å². The molecule has 1 unspecified atom stereocenters. The van der Waals surface area contributed by atoms with Gasteiger partial charge in [-0.25, -0.2) is 4.79 Å². The summed E-state index contributed by atoms with van der Waals surface area (Å²) >= 11 is 0. The number of azo groups is 1. The fraction of sp³-hybridized carbons (Fsp3) is 0.167. The first-order chi connectivity index (χ1) is 10.8. The Morgan fingerprint density at radius 3 is 2.59 bits per heavy atom. The summed E-state index contributed by atoms with van der Waals surface area (Å²) in [7, 11) is 0. The van der Waals surface area contributed by atoms with Crippen molar-refractivity contribution in [2.75, 3.05) is 6.61 Å². The number of carbonyl (C=O) groups is 1. The maximum atomic E-state index is 12.1. The molecule has 1 aliphatic heterocycles. The van der Waals surface area contributed by atoms with Gasteiger partial charge in [-0.2, -0.15) is 10.2 Å². The van der Waals surface area contributed by atoms with E-state index < -0.39 is 6.04 Å². The van der Waals surface area contributed by atoms with Gasteiger partial charge in [0.05, 0.1) is 12.3 Å². The van der Waals surface area contributed by atoms with Crippen molar-refractivity contribution in [2.45, 2.75) is 13.0 Å². The van der Waals surface area contributed by atoms with E-state index in [9.17, 15) is 4.79 Å². The van der Waals surface area contributed by atoms with Gasteiger partial charge in [0.25, 0.3) is 0 Å². The van der Waals surface area contributed by atoms with E-state index in [0.717, 1.165) is 22.4 Å². The lowest BCUT2D eigenvalue weighted by molar-refractivity contribution is -0.143. The lowest BCUT2D eigenvalue weighted by Crippen LogP contribution is -2.19. The smallest absolute Gasteiger partial charge is 0.336 e. The second-order valence-electron chi connectivity index (χ2n) is 4.88. The molecule has 0 saturated heterocycles. The summed E-state index contributed by atoms with van der Waals surface area (Å²) in [6, 6.07) is 16.9. The van der Waals surface area contributed by atoms with Gasteiger partial charge in [0.1, 0.15) is 0 Å². The molecule has 0 radical (unpaired) electrons. The van der Waals surface area contributed by atoms with Crippen LogP contribution in [0.5, 0.6) is 0 Å². The molecule has 0 saturated carbocycles. The predicted molar refractivity (Wildman–Crippen MR) is 84.9 cm³/mol. The van der Waals surface area contributed by atoms with Gasteiger partial charge in [-0.15, -0.1) is 0 Å². The van der Waals surface area contributed by atoms with Gasteiger partial charge in [-0.05, 0) is 30.2 Å². The number of nitrogens with zero attached hydrogens (tertiary/aromatic N) is 2. The number of benzene rings is 2. The summed E-state index contributed by atoms with van der Waals surface area (Å²) in [5.41, 5.74) is 3.68. The van der Waals surface area contributed by atoms with Crippen molar-refractivity contribution >= 4 is 17.2 Å². The minimum absolute atomic E-state index is 0.326. The Kier molecular flexibility index (Phi) is 4.10. The number of ether oxygens (including phenoxy) is 1. The van der Waals surface area contributed by atoms with Crippen molar-refractivity contribution < 1.29 is 9.53 Å². The quantitative estimate of drug-likeness (QED) is 0.798. The summed E-state index contributed by atoms with van der Waals surface area (Å²) in [4.78, 5) is 12.1. The van der Waals surface area contributed by atoms with Crippen molar-refractivity contribution in [1.82, 2.24) is 0 Å². The second-order valence-corrected chi connectivity index (χ2v) is 4.88. The highest BCUT2D eigenvalue weighted by molar-refractivity contribution is 5.90. The van der Waals surface area contributed by atoms with Crippen molar-refractivity contribution in [1.29, 1.82) is 0 Å². The van der Waals surface area contributed by atoms with Crippen molar-refractivity contribution in [3.05, 3.63) is 71.8 Å². The van der Waals surface area contributed by atoms with Crippen LogP contribution in [0.25, 0.3) is 5.57 Å². The van der Waals surface area contributed by atoms with E-state index in [2.05, 4.69) is 10.2 Å². The Morgan fingerprint density at radius 2 is 1.82 bits per heavy atom. The molecule has 0 amide bonds. The number of fused-ring (bicyclic) bond motifs is 1. The van der Waals surface area contributed by atoms with E-state index in [-0.39, 0.29) is 5.97 Å². The highest BCUT2D eigenvalue weighted by Crippen LogP contribution is 2.34. The van der Waals surface area contributed by atoms with Crippen LogP contribution >= 0.6 is 0 Å². The van der Waals surface area contributed by atoms with Gasteiger partial charge in [-0.3, -0.25) is 0 Å². The molecule has 0 aromatic heterocycles. The first-order valence-electron chi connectivity index (χ1n) is 7.23. The maximum absolute atomic E-state index is 12.1. The van der Waals surface area contributed by atoms with E-state index >= 15 is 0 Å². The van der Waals surface area contributed by atoms with Crippen LogP contribution in [-0.2, 0) is 9.53 Å². The van der Waals surface area contributed by atoms with Gasteiger partial charge in [-0.1, -0.05) is 48.5 Å². The first kappa shape index (κ1) is 14.2. The number of rotatable bonds is 3. The number of esters is 1. The van der Waals surface area contributed by atoms with E-state index in [0.29, 0.717) is 6.61 Å². The molecule has 4 heteroatoms. The van der Waals surface area contributed by atoms with Crippen LogP contribution in [0.1, 0.15) is 18.1 Å². The zero-order valence-electron chi connectivity index (χ0n) is 12.3. The summed E-state index contributed by atoms with van der Waals surface area (Å²) in [6.07, 6.45) is 1.82. The largest absolute Gasteiger partial charge is 0.464 e. The van der Waals surface area contributed by atoms with Gasteiger partial charge in [0.15, 0.2) is 6.04 Å². The molecule has 22 heavy (non-hydrogen) atoms. The Balaban J connectivity index is 2.12. The normalized spacial score (nSPS) is 16.4. The Hall–Kier alpha value is -2.75. The molecule has 0 bridgehead atoms. The summed E-state index contributed by atoms with van der Waals surface area (Å²) in [5.74, 6) is -0.382. The summed E-state index contributed by atoms with van der Waals surface area (Å²) in [6.45, 7) is 2.11. The first-order valence-corrected chi connectivity index (χ1v) is 7.23. The van der Waals surface area contributed by atoms with Gasteiger partial charge in [0, 0.05) is 5.56 Å². The second kappa shape index (κ2) is 6.35. The average molecular weight is 292 g/mol. The number of carbonyl (C=O) groups excluding carboxylic acids is 1. The third kappa shape index (κ3) is 2.81. The van der Waals surface area contributed by atoms with Crippen LogP contribution in [0.2, 0.25) is 0 Å². The molecule has 2 aromatic carbocycles. The predicted octanol–water partition coefficient (Wildman–Crippen LogP) is 4.15. The molecule has 4 nitrogen and oxygen atoms in total. The van der Waals surface area contributed by atoms with Crippen LogP contribution < -0.4 is 0 Å². The monoisotopic (exact) mass is 292 g/mol. The minimum atomic E-state index is -0.720. The van der Waals surface area contributed by atoms with Crippen molar-refractivity contribution in [3.63, 3.8) is 0 Å². The third-order valence-corrected chi connectivity index (χ3v) is 3.42. The van der Waals surface area contributed by atoms with Crippen LogP contribution in [0.3, 0.4) is 0 Å². The molecule has 1 atom stereocenters. The summed E-state index contributed by atoms with van der Waals surface area (Å²) in [5, 5.41) is 8.35. The summed E-state index contributed by atoms with van der Waals surface area (Å²) < 4.78 is 5.08. The highest BCUT2D eigenvalue weighted by Gasteiger charge is 2.22. The molecule has 0 fully saturated rings. The van der Waals surface area contributed by atoms with E-state index in [1.807, 2.05) is 60.7 Å². The fourth-order valence-corrected chi connectivity index (χ4v) is 2.41. The molecule has 1 aliphatic rings. The van der Waals surface area contributed by atoms with E-state index in [4.69, 9.17) is 4.74 Å². The number of hydrogen-bond donors (Lipinski definition) is 0. The topological polar surface area (TPSA) is 51.0 Å². The van der Waals surface area contributed by atoms with E-state index in [1.54, 1.807) is 6.92 Å². The van der Waals surface area contributed by atoms with Gasteiger partial charge in [0.2, 0.25) is 0 Å². The molecule has 0 N–H and O–H groups in total. The minimum Gasteiger partial charge on any atom is -0.464 e. The lowest BCUT2D eigenvalue weighted by Gasteiger charge is -2.10. The third-order valence-electron chi connectivity index (χ3n) is 3.42.